The Morgan fingerprint density at radius 3 is 2.28 bits per heavy atom. The highest BCUT2D eigenvalue weighted by molar-refractivity contribution is 6.74. The van der Waals surface area contributed by atoms with Gasteiger partial charge in [-0.15, -0.1) is 0 Å². The summed E-state index contributed by atoms with van der Waals surface area (Å²) in [6.07, 6.45) is 6.53. The van der Waals surface area contributed by atoms with Crippen molar-refractivity contribution in [2.75, 3.05) is 13.7 Å². The van der Waals surface area contributed by atoms with E-state index >= 15 is 0 Å². The van der Waals surface area contributed by atoms with Crippen LogP contribution in [0.5, 0.6) is 5.75 Å². The summed E-state index contributed by atoms with van der Waals surface area (Å²) >= 11 is 0. The van der Waals surface area contributed by atoms with Crippen LogP contribution in [0.2, 0.25) is 18.1 Å². The van der Waals surface area contributed by atoms with Gasteiger partial charge in [0.1, 0.15) is 5.75 Å². The largest absolute Gasteiger partial charge is 0.497 e. The Hall–Kier alpha value is -1.10. The van der Waals surface area contributed by atoms with Crippen LogP contribution >= 0.6 is 0 Å². The van der Waals surface area contributed by atoms with E-state index in [0.717, 1.165) is 30.8 Å². The van der Waals surface area contributed by atoms with Gasteiger partial charge in [0.15, 0.2) is 8.32 Å². The normalized spacial score (nSPS) is 14.0. The lowest BCUT2D eigenvalue weighted by Gasteiger charge is -2.38. The standard InChI is InChI=1S/C21H36O3Si/c1-8-19(24-25(6,7)21(2,3)4)11-9-10-16-23-17-18-12-14-20(22-5)15-13-18/h9,11-15,19H,8,10,16-17H2,1-7H3/b11-9-/t19-/m1/s1. The summed E-state index contributed by atoms with van der Waals surface area (Å²) in [5.41, 5.74) is 1.16. The maximum atomic E-state index is 6.45. The predicted molar refractivity (Wildman–Crippen MR) is 109 cm³/mol. The molecule has 142 valence electrons. The second-order valence-electron chi connectivity index (χ2n) is 7.94. The summed E-state index contributed by atoms with van der Waals surface area (Å²) in [7, 11) is -0.0323. The van der Waals surface area contributed by atoms with E-state index in [0.29, 0.717) is 6.61 Å². The third-order valence-electron chi connectivity index (χ3n) is 4.86. The molecule has 0 aliphatic carbocycles. The van der Waals surface area contributed by atoms with Gasteiger partial charge in [0.2, 0.25) is 0 Å². The number of hydrogen-bond donors (Lipinski definition) is 0. The zero-order valence-electron chi connectivity index (χ0n) is 17.1. The van der Waals surface area contributed by atoms with E-state index in [9.17, 15) is 0 Å². The molecular formula is C21H36O3Si. The Morgan fingerprint density at radius 1 is 1.12 bits per heavy atom. The van der Waals surface area contributed by atoms with Gasteiger partial charge in [-0.05, 0) is 48.7 Å². The summed E-state index contributed by atoms with van der Waals surface area (Å²) in [5, 5.41) is 0.246. The van der Waals surface area contributed by atoms with Crippen LogP contribution in [0.4, 0.5) is 0 Å². The van der Waals surface area contributed by atoms with Gasteiger partial charge in [0.05, 0.1) is 26.4 Å². The zero-order valence-corrected chi connectivity index (χ0v) is 18.1. The molecule has 0 saturated carbocycles. The summed E-state index contributed by atoms with van der Waals surface area (Å²) in [6.45, 7) is 15.0. The number of ether oxygens (including phenoxy) is 2. The molecule has 0 bridgehead atoms. The van der Waals surface area contributed by atoms with E-state index in [1.807, 2.05) is 24.3 Å². The van der Waals surface area contributed by atoms with Gasteiger partial charge in [0.25, 0.3) is 0 Å². The zero-order chi connectivity index (χ0) is 18.9. The first kappa shape index (κ1) is 21.9. The Labute approximate surface area is 155 Å². The van der Waals surface area contributed by atoms with Crippen molar-refractivity contribution in [3.8, 4) is 5.75 Å². The molecule has 0 saturated heterocycles. The summed E-state index contributed by atoms with van der Waals surface area (Å²) < 4.78 is 17.3. The van der Waals surface area contributed by atoms with Crippen molar-refractivity contribution in [1.82, 2.24) is 0 Å². The lowest BCUT2D eigenvalue weighted by molar-refractivity contribution is 0.125. The highest BCUT2D eigenvalue weighted by Crippen LogP contribution is 2.37. The Kier molecular flexibility index (Phi) is 8.90. The third-order valence-corrected chi connectivity index (χ3v) is 9.37. The fraction of sp³-hybridized carbons (Fsp3) is 0.619. The van der Waals surface area contributed by atoms with Crippen molar-refractivity contribution in [3.05, 3.63) is 42.0 Å². The van der Waals surface area contributed by atoms with E-state index in [1.54, 1.807) is 7.11 Å². The van der Waals surface area contributed by atoms with Crippen molar-refractivity contribution < 1.29 is 13.9 Å². The monoisotopic (exact) mass is 364 g/mol. The molecule has 0 radical (unpaired) electrons. The van der Waals surface area contributed by atoms with Crippen molar-refractivity contribution in [2.24, 2.45) is 0 Å². The fourth-order valence-corrected chi connectivity index (χ4v) is 3.48. The molecule has 0 aliphatic rings. The maximum Gasteiger partial charge on any atom is 0.192 e. The van der Waals surface area contributed by atoms with Crippen molar-refractivity contribution >= 4 is 8.32 Å². The maximum absolute atomic E-state index is 6.45. The minimum atomic E-state index is -1.71. The molecule has 0 spiro atoms. The SMILES string of the molecule is CC[C@H](/C=C\CCOCc1ccc(OC)cc1)O[Si](C)(C)C(C)(C)C. The second kappa shape index (κ2) is 10.1. The topological polar surface area (TPSA) is 27.7 Å². The highest BCUT2D eigenvalue weighted by Gasteiger charge is 2.38. The van der Waals surface area contributed by atoms with Gasteiger partial charge < -0.3 is 13.9 Å². The Bertz CT molecular complexity index is 515. The highest BCUT2D eigenvalue weighted by atomic mass is 28.4. The molecule has 0 aliphatic heterocycles. The molecule has 4 heteroatoms. The summed E-state index contributed by atoms with van der Waals surface area (Å²) in [6, 6.07) is 7.99. The lowest BCUT2D eigenvalue weighted by atomic mass is 10.2. The molecule has 1 aromatic rings. The van der Waals surface area contributed by atoms with E-state index in [1.165, 1.54) is 0 Å². The number of benzene rings is 1. The van der Waals surface area contributed by atoms with Gasteiger partial charge in [-0.3, -0.25) is 0 Å². The number of rotatable bonds is 10. The molecule has 3 nitrogen and oxygen atoms in total. The van der Waals surface area contributed by atoms with Gasteiger partial charge >= 0.3 is 0 Å². The van der Waals surface area contributed by atoms with Crippen LogP contribution in [0.25, 0.3) is 0 Å². The molecule has 1 atom stereocenters. The molecule has 0 unspecified atom stereocenters. The molecule has 0 fully saturated rings. The summed E-state index contributed by atoms with van der Waals surface area (Å²) in [4.78, 5) is 0. The predicted octanol–water partition coefficient (Wildman–Crippen LogP) is 5.96. The van der Waals surface area contributed by atoms with Crippen molar-refractivity contribution in [1.29, 1.82) is 0 Å². The van der Waals surface area contributed by atoms with E-state index in [2.05, 4.69) is 52.9 Å². The first-order valence-electron chi connectivity index (χ1n) is 9.24. The van der Waals surface area contributed by atoms with E-state index in [4.69, 9.17) is 13.9 Å². The first-order valence-corrected chi connectivity index (χ1v) is 12.2. The minimum Gasteiger partial charge on any atom is -0.497 e. The van der Waals surface area contributed by atoms with Crippen LogP contribution in [-0.2, 0) is 15.8 Å². The number of hydrogen-bond acceptors (Lipinski definition) is 3. The van der Waals surface area contributed by atoms with Gasteiger partial charge in [-0.2, -0.15) is 0 Å². The van der Waals surface area contributed by atoms with Gasteiger partial charge in [-0.1, -0.05) is 52.0 Å². The molecule has 1 aromatic carbocycles. The minimum absolute atomic E-state index is 0.211. The van der Waals surface area contributed by atoms with Crippen molar-refractivity contribution in [3.63, 3.8) is 0 Å². The van der Waals surface area contributed by atoms with Crippen LogP contribution in [0.3, 0.4) is 0 Å². The molecule has 0 N–H and O–H groups in total. The third kappa shape index (κ3) is 7.76. The number of methoxy groups -OCH3 is 1. The summed E-state index contributed by atoms with van der Waals surface area (Å²) in [5.74, 6) is 0.874. The molecule has 0 amide bonds. The van der Waals surface area contributed by atoms with E-state index < -0.39 is 8.32 Å². The smallest absolute Gasteiger partial charge is 0.192 e. The molecule has 25 heavy (non-hydrogen) atoms. The fourth-order valence-electron chi connectivity index (χ4n) is 2.13. The average molecular weight is 365 g/mol. The molecular weight excluding hydrogens is 328 g/mol. The molecule has 1 rings (SSSR count). The Morgan fingerprint density at radius 2 is 1.76 bits per heavy atom. The van der Waals surface area contributed by atoms with Gasteiger partial charge in [-0.25, -0.2) is 0 Å². The average Bonchev–Trinajstić information content (AvgIpc) is 2.56. The van der Waals surface area contributed by atoms with Crippen LogP contribution in [-0.4, -0.2) is 28.1 Å². The lowest BCUT2D eigenvalue weighted by Crippen LogP contribution is -2.43. The Balaban J connectivity index is 2.33. The second-order valence-corrected chi connectivity index (χ2v) is 12.7. The first-order chi connectivity index (χ1) is 11.7. The molecule has 0 aromatic heterocycles. The van der Waals surface area contributed by atoms with Crippen LogP contribution < -0.4 is 4.74 Å². The van der Waals surface area contributed by atoms with E-state index in [-0.39, 0.29) is 11.1 Å². The quantitative estimate of drug-likeness (QED) is 0.291. The molecule has 0 heterocycles. The van der Waals surface area contributed by atoms with Crippen LogP contribution in [0.15, 0.2) is 36.4 Å². The van der Waals surface area contributed by atoms with Crippen LogP contribution in [0, 0.1) is 0 Å². The van der Waals surface area contributed by atoms with Crippen LogP contribution in [0.1, 0.15) is 46.1 Å². The van der Waals surface area contributed by atoms with Crippen molar-refractivity contribution in [2.45, 2.75) is 71.4 Å². The van der Waals surface area contributed by atoms with Gasteiger partial charge in [0, 0.05) is 0 Å².